The lowest BCUT2D eigenvalue weighted by molar-refractivity contribution is 0.0946. The topological polar surface area (TPSA) is 80.3 Å². The Labute approximate surface area is 165 Å². The molecule has 0 saturated heterocycles. The van der Waals surface area contributed by atoms with Crippen LogP contribution in [0.4, 0.5) is 10.5 Å². The van der Waals surface area contributed by atoms with E-state index in [1.165, 1.54) is 18.4 Å². The molecule has 2 amide bonds. The number of thiazole rings is 1. The number of methoxy groups -OCH3 is 1. The Morgan fingerprint density at radius 1 is 1.11 bits per heavy atom. The van der Waals surface area contributed by atoms with E-state index < -0.39 is 6.09 Å². The van der Waals surface area contributed by atoms with Gasteiger partial charge in [-0.15, -0.1) is 11.3 Å². The largest absolute Gasteiger partial charge is 0.453 e. The molecule has 0 fully saturated rings. The monoisotopic (exact) mass is 401 g/mol. The molecule has 3 aromatic rings. The van der Waals surface area contributed by atoms with Crippen molar-refractivity contribution in [2.75, 3.05) is 12.4 Å². The molecule has 1 heterocycles. The van der Waals surface area contributed by atoms with Crippen LogP contribution < -0.4 is 10.6 Å². The summed E-state index contributed by atoms with van der Waals surface area (Å²) in [7, 11) is 1.30. The van der Waals surface area contributed by atoms with Crippen molar-refractivity contribution < 1.29 is 14.3 Å². The van der Waals surface area contributed by atoms with Crippen molar-refractivity contribution in [3.63, 3.8) is 0 Å². The maximum absolute atomic E-state index is 12.3. The number of hydrogen-bond donors (Lipinski definition) is 2. The van der Waals surface area contributed by atoms with Gasteiger partial charge in [-0.3, -0.25) is 10.1 Å². The summed E-state index contributed by atoms with van der Waals surface area (Å²) < 4.78 is 4.53. The Balaban J connectivity index is 1.58. The Hall–Kier alpha value is -2.90. The lowest BCUT2D eigenvalue weighted by Gasteiger charge is -2.06. The standard InChI is InChI=1S/C19H16ClN3O3S/c1-26-19(25)22-15-8-2-12(3-9-15)10-21-17(24)16-11-27-18(23-16)13-4-6-14(20)7-5-13/h2-9,11H,10H2,1H3,(H,21,24)(H,22,25). The Morgan fingerprint density at radius 3 is 2.48 bits per heavy atom. The third-order valence-electron chi connectivity index (χ3n) is 3.67. The van der Waals surface area contributed by atoms with Crippen LogP contribution in [-0.4, -0.2) is 24.1 Å². The van der Waals surface area contributed by atoms with Crippen LogP contribution in [0.25, 0.3) is 10.6 Å². The number of halogens is 1. The zero-order valence-electron chi connectivity index (χ0n) is 14.4. The second-order valence-electron chi connectivity index (χ2n) is 5.54. The highest BCUT2D eigenvalue weighted by Crippen LogP contribution is 2.25. The summed E-state index contributed by atoms with van der Waals surface area (Å²) >= 11 is 7.29. The predicted molar refractivity (Wildman–Crippen MR) is 106 cm³/mol. The van der Waals surface area contributed by atoms with Gasteiger partial charge in [0, 0.05) is 28.2 Å². The first kappa shape index (κ1) is 18.9. The Morgan fingerprint density at radius 2 is 1.81 bits per heavy atom. The van der Waals surface area contributed by atoms with E-state index in [0.29, 0.717) is 22.9 Å². The first-order valence-electron chi connectivity index (χ1n) is 7.99. The van der Waals surface area contributed by atoms with Crippen molar-refractivity contribution in [2.45, 2.75) is 6.54 Å². The smallest absolute Gasteiger partial charge is 0.411 e. The minimum Gasteiger partial charge on any atom is -0.453 e. The van der Waals surface area contributed by atoms with Gasteiger partial charge < -0.3 is 10.1 Å². The van der Waals surface area contributed by atoms with Crippen molar-refractivity contribution in [1.82, 2.24) is 10.3 Å². The van der Waals surface area contributed by atoms with Gasteiger partial charge >= 0.3 is 6.09 Å². The SMILES string of the molecule is COC(=O)Nc1ccc(CNC(=O)c2csc(-c3ccc(Cl)cc3)n2)cc1. The molecule has 1 aromatic heterocycles. The molecule has 0 radical (unpaired) electrons. The molecule has 0 bridgehead atoms. The summed E-state index contributed by atoms with van der Waals surface area (Å²) in [4.78, 5) is 27.8. The molecule has 2 aromatic carbocycles. The summed E-state index contributed by atoms with van der Waals surface area (Å²) in [5.41, 5.74) is 2.79. The van der Waals surface area contributed by atoms with Crippen LogP contribution in [0.2, 0.25) is 5.02 Å². The highest BCUT2D eigenvalue weighted by atomic mass is 35.5. The molecule has 0 atom stereocenters. The van der Waals surface area contributed by atoms with Crippen LogP contribution in [-0.2, 0) is 11.3 Å². The summed E-state index contributed by atoms with van der Waals surface area (Å²) in [5, 5.41) is 8.54. The molecule has 138 valence electrons. The van der Waals surface area contributed by atoms with Crippen molar-refractivity contribution >= 4 is 40.6 Å². The molecule has 0 saturated carbocycles. The molecule has 2 N–H and O–H groups in total. The zero-order chi connectivity index (χ0) is 19.2. The Kier molecular flexibility index (Phi) is 6.05. The van der Waals surface area contributed by atoms with Crippen LogP contribution in [0, 0.1) is 0 Å². The molecule has 8 heteroatoms. The van der Waals surface area contributed by atoms with Crippen LogP contribution in [0.3, 0.4) is 0 Å². The molecule has 0 unspecified atom stereocenters. The quantitative estimate of drug-likeness (QED) is 0.656. The van der Waals surface area contributed by atoms with E-state index in [2.05, 4.69) is 20.4 Å². The second kappa shape index (κ2) is 8.66. The molecule has 0 aliphatic rings. The summed E-state index contributed by atoms with van der Waals surface area (Å²) in [6.45, 7) is 0.352. The zero-order valence-corrected chi connectivity index (χ0v) is 15.9. The van der Waals surface area contributed by atoms with E-state index >= 15 is 0 Å². The van der Waals surface area contributed by atoms with Crippen molar-refractivity contribution in [3.8, 4) is 10.6 Å². The third-order valence-corrected chi connectivity index (χ3v) is 4.81. The number of anilines is 1. The van der Waals surface area contributed by atoms with Gasteiger partial charge in [-0.25, -0.2) is 9.78 Å². The predicted octanol–water partition coefficient (Wildman–Crippen LogP) is 4.57. The second-order valence-corrected chi connectivity index (χ2v) is 6.84. The fraction of sp³-hybridized carbons (Fsp3) is 0.105. The van der Waals surface area contributed by atoms with Gasteiger partial charge in [0.05, 0.1) is 7.11 Å². The van der Waals surface area contributed by atoms with Gasteiger partial charge in [0.25, 0.3) is 5.91 Å². The van der Waals surface area contributed by atoms with E-state index in [9.17, 15) is 9.59 Å². The molecule has 0 spiro atoms. The van der Waals surface area contributed by atoms with Gasteiger partial charge in [-0.2, -0.15) is 0 Å². The lowest BCUT2D eigenvalue weighted by Crippen LogP contribution is -2.23. The molecular weight excluding hydrogens is 386 g/mol. The summed E-state index contributed by atoms with van der Waals surface area (Å²) in [5.74, 6) is -0.247. The highest BCUT2D eigenvalue weighted by Gasteiger charge is 2.12. The number of hydrogen-bond acceptors (Lipinski definition) is 5. The fourth-order valence-corrected chi connectivity index (χ4v) is 3.18. The fourth-order valence-electron chi connectivity index (χ4n) is 2.25. The number of nitrogens with one attached hydrogen (secondary N) is 2. The maximum Gasteiger partial charge on any atom is 0.411 e. The number of amides is 2. The lowest BCUT2D eigenvalue weighted by atomic mass is 10.2. The molecule has 0 aliphatic carbocycles. The third kappa shape index (κ3) is 5.06. The highest BCUT2D eigenvalue weighted by molar-refractivity contribution is 7.13. The summed E-state index contributed by atoms with van der Waals surface area (Å²) in [6.07, 6.45) is -0.531. The van der Waals surface area contributed by atoms with Gasteiger partial charge in [-0.05, 0) is 29.8 Å². The molecule has 6 nitrogen and oxygen atoms in total. The van der Waals surface area contributed by atoms with Gasteiger partial charge in [0.1, 0.15) is 10.7 Å². The normalized spacial score (nSPS) is 10.3. The number of rotatable bonds is 5. The van der Waals surface area contributed by atoms with E-state index in [0.717, 1.165) is 16.1 Å². The minimum atomic E-state index is -0.531. The average molecular weight is 402 g/mol. The number of nitrogens with zero attached hydrogens (tertiary/aromatic N) is 1. The average Bonchev–Trinajstić information content (AvgIpc) is 3.18. The van der Waals surface area contributed by atoms with Gasteiger partial charge in [0.15, 0.2) is 0 Å². The number of benzene rings is 2. The van der Waals surface area contributed by atoms with Gasteiger partial charge in [-0.1, -0.05) is 35.9 Å². The molecular formula is C19H16ClN3O3S. The number of carbonyl (C=O) groups excluding carboxylic acids is 2. The summed E-state index contributed by atoms with van der Waals surface area (Å²) in [6, 6.07) is 14.4. The van der Waals surface area contributed by atoms with E-state index in [4.69, 9.17) is 11.6 Å². The van der Waals surface area contributed by atoms with Crippen LogP contribution in [0.1, 0.15) is 16.1 Å². The first-order chi connectivity index (χ1) is 13.0. The molecule has 0 aliphatic heterocycles. The Bertz CT molecular complexity index is 940. The maximum atomic E-state index is 12.3. The van der Waals surface area contributed by atoms with Crippen molar-refractivity contribution in [2.24, 2.45) is 0 Å². The first-order valence-corrected chi connectivity index (χ1v) is 9.24. The number of aromatic nitrogens is 1. The molecule has 27 heavy (non-hydrogen) atoms. The van der Waals surface area contributed by atoms with Crippen molar-refractivity contribution in [1.29, 1.82) is 0 Å². The van der Waals surface area contributed by atoms with Gasteiger partial charge in [0.2, 0.25) is 0 Å². The molecule has 3 rings (SSSR count). The van der Waals surface area contributed by atoms with Crippen LogP contribution >= 0.6 is 22.9 Å². The van der Waals surface area contributed by atoms with E-state index in [1.54, 1.807) is 29.6 Å². The van der Waals surface area contributed by atoms with Crippen LogP contribution in [0.5, 0.6) is 0 Å². The number of carbonyl (C=O) groups is 2. The van der Waals surface area contributed by atoms with E-state index in [-0.39, 0.29) is 5.91 Å². The minimum absolute atomic E-state index is 0.247. The number of ether oxygens (including phenoxy) is 1. The van der Waals surface area contributed by atoms with Crippen LogP contribution in [0.15, 0.2) is 53.9 Å². The van der Waals surface area contributed by atoms with E-state index in [1.807, 2.05) is 24.3 Å². The van der Waals surface area contributed by atoms with Crippen molar-refractivity contribution in [3.05, 3.63) is 70.2 Å².